The highest BCUT2D eigenvalue weighted by atomic mass is 16.2. The molecule has 32 heavy (non-hydrogen) atoms. The number of benzene rings is 3. The van der Waals surface area contributed by atoms with Gasteiger partial charge in [-0.05, 0) is 60.4 Å². The Hall–Kier alpha value is -3.86. The second kappa shape index (κ2) is 8.71. The van der Waals surface area contributed by atoms with Gasteiger partial charge in [0.1, 0.15) is 5.70 Å². The molecule has 0 bridgehead atoms. The van der Waals surface area contributed by atoms with Crippen LogP contribution < -0.4 is 10.2 Å². The zero-order valence-electron chi connectivity index (χ0n) is 18.8. The Kier molecular flexibility index (Phi) is 5.82. The summed E-state index contributed by atoms with van der Waals surface area (Å²) in [4.78, 5) is 30.2. The quantitative estimate of drug-likeness (QED) is 0.579. The molecule has 0 radical (unpaired) electrons. The summed E-state index contributed by atoms with van der Waals surface area (Å²) in [6.07, 6.45) is 0. The first kappa shape index (κ1) is 21.4. The molecular formula is C27H27N3O2. The number of nitrogens with zero attached hydrogens (tertiary/aromatic N) is 2. The van der Waals surface area contributed by atoms with Gasteiger partial charge in [0.15, 0.2) is 0 Å². The van der Waals surface area contributed by atoms with E-state index in [1.807, 2.05) is 106 Å². The van der Waals surface area contributed by atoms with E-state index in [0.29, 0.717) is 11.3 Å². The molecule has 3 aromatic rings. The van der Waals surface area contributed by atoms with Crippen molar-refractivity contribution in [1.29, 1.82) is 0 Å². The third kappa shape index (κ3) is 4.14. The summed E-state index contributed by atoms with van der Waals surface area (Å²) in [7, 11) is 3.95. The van der Waals surface area contributed by atoms with Gasteiger partial charge in [-0.2, -0.15) is 0 Å². The lowest BCUT2D eigenvalue weighted by atomic mass is 9.99. The van der Waals surface area contributed by atoms with Crippen molar-refractivity contribution < 1.29 is 9.59 Å². The maximum atomic E-state index is 13.5. The number of nitrogens with one attached hydrogen (secondary N) is 1. The van der Waals surface area contributed by atoms with Gasteiger partial charge in [-0.1, -0.05) is 48.5 Å². The van der Waals surface area contributed by atoms with Crippen LogP contribution in [0.3, 0.4) is 0 Å². The van der Waals surface area contributed by atoms with Gasteiger partial charge in [0.05, 0.1) is 12.1 Å². The van der Waals surface area contributed by atoms with Crippen LogP contribution in [0.2, 0.25) is 0 Å². The Morgan fingerprint density at radius 2 is 1.50 bits per heavy atom. The van der Waals surface area contributed by atoms with Crippen LogP contribution in [0.15, 0.2) is 78.5 Å². The van der Waals surface area contributed by atoms with E-state index in [9.17, 15) is 9.59 Å². The van der Waals surface area contributed by atoms with Gasteiger partial charge >= 0.3 is 0 Å². The number of imide groups is 1. The minimum Gasteiger partial charge on any atom is -0.378 e. The molecule has 0 saturated heterocycles. The summed E-state index contributed by atoms with van der Waals surface area (Å²) < 4.78 is 0. The first-order valence-corrected chi connectivity index (χ1v) is 10.6. The number of carbonyl (C=O) groups excluding carboxylic acids is 2. The lowest BCUT2D eigenvalue weighted by Gasteiger charge is -2.16. The molecule has 1 heterocycles. The van der Waals surface area contributed by atoms with Crippen molar-refractivity contribution in [3.8, 4) is 0 Å². The predicted octanol–water partition coefficient (Wildman–Crippen LogP) is 4.76. The highest BCUT2D eigenvalue weighted by molar-refractivity contribution is 6.36. The minimum atomic E-state index is -0.316. The maximum absolute atomic E-state index is 13.5. The second-order valence-corrected chi connectivity index (χ2v) is 8.30. The molecule has 0 spiro atoms. The summed E-state index contributed by atoms with van der Waals surface area (Å²) in [5, 5.41) is 3.23. The Bertz CT molecular complexity index is 1200. The fraction of sp³-hybridized carbons (Fsp3) is 0.185. The van der Waals surface area contributed by atoms with Crippen LogP contribution in [0.25, 0.3) is 5.57 Å². The molecule has 5 nitrogen and oxygen atoms in total. The number of carbonyl (C=O) groups is 2. The van der Waals surface area contributed by atoms with Crippen LogP contribution in [-0.4, -0.2) is 30.8 Å². The SMILES string of the molecule is Cc1ccc(C2=C(Nc3ccc(N(C)C)cc3)C(=O)N(Cc3ccccc3)C2=O)cc1C. The summed E-state index contributed by atoms with van der Waals surface area (Å²) in [6.45, 7) is 4.27. The van der Waals surface area contributed by atoms with Crippen LogP contribution in [0.4, 0.5) is 11.4 Å². The van der Waals surface area contributed by atoms with E-state index in [1.165, 1.54) is 4.90 Å². The topological polar surface area (TPSA) is 52.7 Å². The van der Waals surface area contributed by atoms with Crippen molar-refractivity contribution in [2.24, 2.45) is 0 Å². The van der Waals surface area contributed by atoms with Gasteiger partial charge in [-0.25, -0.2) is 0 Å². The first-order valence-electron chi connectivity index (χ1n) is 10.6. The van der Waals surface area contributed by atoms with Gasteiger partial charge in [-0.15, -0.1) is 0 Å². The van der Waals surface area contributed by atoms with Gasteiger partial charge in [-0.3, -0.25) is 14.5 Å². The van der Waals surface area contributed by atoms with E-state index >= 15 is 0 Å². The molecule has 0 aliphatic carbocycles. The van der Waals surface area contributed by atoms with E-state index in [2.05, 4.69) is 5.32 Å². The standard InChI is InChI=1S/C27H27N3O2/c1-18-10-11-21(16-19(18)2)24-25(28-22-12-14-23(15-13-22)29(3)4)27(32)30(26(24)31)17-20-8-6-5-7-9-20/h5-16,28H,17H2,1-4H3. The summed E-state index contributed by atoms with van der Waals surface area (Å²) in [6, 6.07) is 23.2. The Balaban J connectivity index is 1.74. The Labute approximate surface area is 189 Å². The van der Waals surface area contributed by atoms with Gasteiger partial charge in [0, 0.05) is 25.5 Å². The van der Waals surface area contributed by atoms with Crippen LogP contribution in [-0.2, 0) is 16.1 Å². The van der Waals surface area contributed by atoms with E-state index in [-0.39, 0.29) is 18.4 Å². The van der Waals surface area contributed by atoms with Gasteiger partial charge in [0.2, 0.25) is 0 Å². The zero-order chi connectivity index (χ0) is 22.8. The number of amides is 2. The smallest absolute Gasteiger partial charge is 0.278 e. The molecule has 1 N–H and O–H groups in total. The molecule has 0 aromatic heterocycles. The summed E-state index contributed by atoms with van der Waals surface area (Å²) in [5.41, 5.74) is 6.40. The normalized spacial score (nSPS) is 13.7. The number of hydrogen-bond acceptors (Lipinski definition) is 4. The van der Waals surface area contributed by atoms with E-state index < -0.39 is 0 Å². The van der Waals surface area contributed by atoms with E-state index in [4.69, 9.17) is 0 Å². The number of hydrogen-bond donors (Lipinski definition) is 1. The van der Waals surface area contributed by atoms with Crippen molar-refractivity contribution in [2.75, 3.05) is 24.3 Å². The molecule has 0 atom stereocenters. The number of anilines is 2. The van der Waals surface area contributed by atoms with Crippen molar-refractivity contribution in [1.82, 2.24) is 4.90 Å². The molecule has 2 amide bonds. The molecule has 162 valence electrons. The van der Waals surface area contributed by atoms with Crippen molar-refractivity contribution >= 4 is 28.8 Å². The Morgan fingerprint density at radius 3 is 2.12 bits per heavy atom. The first-order chi connectivity index (χ1) is 15.3. The minimum absolute atomic E-state index is 0.234. The Morgan fingerprint density at radius 1 is 0.812 bits per heavy atom. The number of aryl methyl sites for hydroxylation is 2. The molecular weight excluding hydrogens is 398 g/mol. The molecule has 4 rings (SSSR count). The van der Waals surface area contributed by atoms with Crippen LogP contribution >= 0.6 is 0 Å². The molecule has 1 aliphatic heterocycles. The van der Waals surface area contributed by atoms with Crippen molar-refractivity contribution in [3.05, 3.63) is 101 Å². The monoisotopic (exact) mass is 425 g/mol. The van der Waals surface area contributed by atoms with Gasteiger partial charge in [0.25, 0.3) is 11.8 Å². The fourth-order valence-electron chi connectivity index (χ4n) is 3.75. The third-order valence-electron chi connectivity index (χ3n) is 5.80. The highest BCUT2D eigenvalue weighted by Gasteiger charge is 2.39. The molecule has 1 aliphatic rings. The van der Waals surface area contributed by atoms with Gasteiger partial charge < -0.3 is 10.2 Å². The van der Waals surface area contributed by atoms with Crippen LogP contribution in [0, 0.1) is 13.8 Å². The molecule has 0 fully saturated rings. The van der Waals surface area contributed by atoms with Crippen LogP contribution in [0.5, 0.6) is 0 Å². The zero-order valence-corrected chi connectivity index (χ0v) is 18.8. The molecule has 5 heteroatoms. The average Bonchev–Trinajstić information content (AvgIpc) is 3.01. The molecule has 0 saturated carbocycles. The lowest BCUT2D eigenvalue weighted by molar-refractivity contribution is -0.137. The fourth-order valence-corrected chi connectivity index (χ4v) is 3.75. The third-order valence-corrected chi connectivity index (χ3v) is 5.80. The van der Waals surface area contributed by atoms with E-state index in [0.717, 1.165) is 33.6 Å². The van der Waals surface area contributed by atoms with Crippen molar-refractivity contribution in [3.63, 3.8) is 0 Å². The lowest BCUT2D eigenvalue weighted by Crippen LogP contribution is -2.32. The highest BCUT2D eigenvalue weighted by Crippen LogP contribution is 2.32. The molecule has 0 unspecified atom stereocenters. The van der Waals surface area contributed by atoms with Crippen molar-refractivity contribution in [2.45, 2.75) is 20.4 Å². The average molecular weight is 426 g/mol. The maximum Gasteiger partial charge on any atom is 0.278 e. The number of rotatable bonds is 6. The largest absolute Gasteiger partial charge is 0.378 e. The summed E-state index contributed by atoms with van der Waals surface area (Å²) >= 11 is 0. The van der Waals surface area contributed by atoms with Crippen LogP contribution in [0.1, 0.15) is 22.3 Å². The van der Waals surface area contributed by atoms with E-state index in [1.54, 1.807) is 0 Å². The summed E-state index contributed by atoms with van der Waals surface area (Å²) in [5.74, 6) is -0.599. The predicted molar refractivity (Wildman–Crippen MR) is 129 cm³/mol. The second-order valence-electron chi connectivity index (χ2n) is 8.30. The molecule has 3 aromatic carbocycles.